The van der Waals surface area contributed by atoms with Gasteiger partial charge in [0.05, 0.1) is 0 Å². The Morgan fingerprint density at radius 2 is 1.62 bits per heavy atom. The Kier molecular flexibility index (Phi) is 6.87. The molecule has 3 heteroatoms. The molecule has 54 valence electrons. The molecule has 0 aliphatic heterocycles. The summed E-state index contributed by atoms with van der Waals surface area (Å²) in [6, 6.07) is 0. The maximum absolute atomic E-state index is 5.35. The van der Waals surface area contributed by atoms with Crippen LogP contribution in [0.3, 0.4) is 0 Å². The average molecular weight is 202 g/mol. The molecule has 2 N–H and O–H groups in total. The molecule has 0 aromatic rings. The molecule has 0 rings (SSSR count). The first-order valence-corrected chi connectivity index (χ1v) is 6.47. The van der Waals surface area contributed by atoms with Crippen LogP contribution in [0.1, 0.15) is 0 Å². The van der Waals surface area contributed by atoms with Gasteiger partial charge in [-0.05, 0) is 0 Å². The van der Waals surface area contributed by atoms with Gasteiger partial charge in [0.2, 0.25) is 0 Å². The minimum atomic E-state index is -0.782. The topological polar surface area (TPSA) is 26.0 Å². The van der Waals surface area contributed by atoms with Gasteiger partial charge in [-0.2, -0.15) is 0 Å². The van der Waals surface area contributed by atoms with E-state index in [1.165, 1.54) is 6.16 Å². The fourth-order valence-electron chi connectivity index (χ4n) is 0.433. The summed E-state index contributed by atoms with van der Waals surface area (Å²) < 4.78 is 0. The second-order valence-electron chi connectivity index (χ2n) is 3.10. The number of halogens is 1. The molecule has 0 spiro atoms. The number of hydrogen-bond acceptors (Lipinski definition) is 1. The normalized spacial score (nSPS) is 12.5. The molecular formula is C5H17BrNP. The van der Waals surface area contributed by atoms with E-state index in [0.717, 1.165) is 6.54 Å². The fourth-order valence-corrected chi connectivity index (χ4v) is 1.30. The van der Waals surface area contributed by atoms with Crippen LogP contribution in [0, 0.1) is 0 Å². The molecular weight excluding hydrogens is 185 g/mol. The zero-order chi connectivity index (χ0) is 5.91. The molecule has 0 fully saturated rings. The van der Waals surface area contributed by atoms with Crippen molar-refractivity contribution in [1.29, 1.82) is 0 Å². The molecule has 0 saturated heterocycles. The van der Waals surface area contributed by atoms with Gasteiger partial charge in [0.1, 0.15) is 0 Å². The molecule has 0 heterocycles. The van der Waals surface area contributed by atoms with E-state index in [0.29, 0.717) is 0 Å². The zero-order valence-corrected chi connectivity index (χ0v) is 8.61. The van der Waals surface area contributed by atoms with Crippen molar-refractivity contribution in [2.24, 2.45) is 5.73 Å². The van der Waals surface area contributed by atoms with Gasteiger partial charge in [-0.3, -0.25) is 0 Å². The number of hydrogen-bond donors (Lipinski definition) is 1. The quantitative estimate of drug-likeness (QED) is 0.668. The molecule has 0 radical (unpaired) electrons. The molecule has 0 aliphatic carbocycles. The monoisotopic (exact) mass is 201 g/mol. The third-order valence-corrected chi connectivity index (χ3v) is 2.68. The van der Waals surface area contributed by atoms with Gasteiger partial charge in [0.15, 0.2) is 0 Å². The van der Waals surface area contributed by atoms with Crippen LogP contribution in [0.2, 0.25) is 0 Å². The summed E-state index contributed by atoms with van der Waals surface area (Å²) in [6.07, 6.45) is 1.26. The van der Waals surface area contributed by atoms with Gasteiger partial charge in [0, 0.05) is 0 Å². The van der Waals surface area contributed by atoms with Gasteiger partial charge >= 0.3 is 45.7 Å². The van der Waals surface area contributed by atoms with Gasteiger partial charge in [-0.25, -0.2) is 0 Å². The van der Waals surface area contributed by atoms with Crippen molar-refractivity contribution >= 4 is 24.2 Å². The molecule has 0 saturated carbocycles. The van der Waals surface area contributed by atoms with Crippen molar-refractivity contribution in [3.8, 4) is 0 Å². The summed E-state index contributed by atoms with van der Waals surface area (Å²) in [6.45, 7) is 7.87. The third kappa shape index (κ3) is 9.98. The van der Waals surface area contributed by atoms with Crippen molar-refractivity contribution in [2.45, 2.75) is 0 Å². The van der Waals surface area contributed by atoms with Crippen molar-refractivity contribution in [3.63, 3.8) is 0 Å². The van der Waals surface area contributed by atoms with E-state index < -0.39 is 7.26 Å². The van der Waals surface area contributed by atoms with E-state index >= 15 is 0 Å². The molecule has 0 atom stereocenters. The molecule has 8 heavy (non-hydrogen) atoms. The van der Waals surface area contributed by atoms with Crippen LogP contribution < -0.4 is 5.73 Å². The standard InChI is InChI=1S/C5H16NP.BrH/c1-7(2,3)5-4-6;/h7H,4-6H2,1-3H3;1H. The summed E-state index contributed by atoms with van der Waals surface area (Å²) in [7, 11) is -0.782. The fraction of sp³-hybridized carbons (Fsp3) is 1.00. The Balaban J connectivity index is 0. The van der Waals surface area contributed by atoms with Crippen LogP contribution >= 0.6 is 24.2 Å². The molecule has 0 aromatic carbocycles. The van der Waals surface area contributed by atoms with E-state index in [4.69, 9.17) is 5.73 Å². The van der Waals surface area contributed by atoms with Crippen LogP contribution in [0.15, 0.2) is 0 Å². The Labute approximate surface area is 63.1 Å². The summed E-state index contributed by atoms with van der Waals surface area (Å²) in [5.74, 6) is 0. The van der Waals surface area contributed by atoms with Gasteiger partial charge in [-0.1, -0.05) is 0 Å². The van der Waals surface area contributed by atoms with Crippen LogP contribution in [0.25, 0.3) is 0 Å². The molecule has 0 unspecified atom stereocenters. The van der Waals surface area contributed by atoms with Gasteiger partial charge < -0.3 is 0 Å². The van der Waals surface area contributed by atoms with Crippen molar-refractivity contribution in [1.82, 2.24) is 0 Å². The van der Waals surface area contributed by atoms with E-state index in [2.05, 4.69) is 20.0 Å². The minimum absolute atomic E-state index is 0. The maximum atomic E-state index is 5.35. The van der Waals surface area contributed by atoms with E-state index in [-0.39, 0.29) is 17.0 Å². The summed E-state index contributed by atoms with van der Waals surface area (Å²) in [4.78, 5) is 0. The predicted molar refractivity (Wildman–Crippen MR) is 50.3 cm³/mol. The van der Waals surface area contributed by atoms with Crippen molar-refractivity contribution in [3.05, 3.63) is 0 Å². The van der Waals surface area contributed by atoms with Crippen molar-refractivity contribution in [2.75, 3.05) is 32.7 Å². The summed E-state index contributed by atoms with van der Waals surface area (Å²) >= 11 is 0. The third-order valence-electron chi connectivity index (χ3n) is 0.894. The van der Waals surface area contributed by atoms with Crippen molar-refractivity contribution < 1.29 is 0 Å². The Hall–Kier alpha value is 0.870. The second-order valence-corrected chi connectivity index (χ2v) is 8.72. The van der Waals surface area contributed by atoms with Crippen LogP contribution in [0.4, 0.5) is 0 Å². The molecule has 0 aromatic heterocycles. The number of nitrogens with two attached hydrogens (primary N) is 1. The van der Waals surface area contributed by atoms with Gasteiger partial charge in [-0.15, -0.1) is 17.0 Å². The van der Waals surface area contributed by atoms with E-state index in [1.54, 1.807) is 0 Å². The molecule has 0 amide bonds. The van der Waals surface area contributed by atoms with Crippen LogP contribution in [-0.2, 0) is 0 Å². The van der Waals surface area contributed by atoms with Crippen LogP contribution in [0.5, 0.6) is 0 Å². The second kappa shape index (κ2) is 4.72. The molecule has 0 aliphatic rings. The van der Waals surface area contributed by atoms with Crippen LogP contribution in [-0.4, -0.2) is 32.7 Å². The van der Waals surface area contributed by atoms with Gasteiger partial charge in [0.25, 0.3) is 0 Å². The first-order valence-electron chi connectivity index (χ1n) is 2.76. The summed E-state index contributed by atoms with van der Waals surface area (Å²) in [5.41, 5.74) is 5.35. The van der Waals surface area contributed by atoms with E-state index in [9.17, 15) is 0 Å². The zero-order valence-electron chi connectivity index (χ0n) is 5.90. The first-order chi connectivity index (χ1) is 3.06. The Morgan fingerprint density at radius 3 is 1.62 bits per heavy atom. The Bertz CT molecular complexity index is 50.9. The molecule has 1 nitrogen and oxygen atoms in total. The summed E-state index contributed by atoms with van der Waals surface area (Å²) in [5, 5.41) is 0. The number of rotatable bonds is 2. The average Bonchev–Trinajstić information content (AvgIpc) is 1.30. The van der Waals surface area contributed by atoms with E-state index in [1.807, 2.05) is 0 Å². The molecule has 0 bridgehead atoms. The Morgan fingerprint density at radius 1 is 1.25 bits per heavy atom. The SMILES string of the molecule is Br.C[PH](C)(C)CCN. The first kappa shape index (κ1) is 11.6. The predicted octanol–water partition coefficient (Wildman–Crippen LogP) is 1.16.